The van der Waals surface area contributed by atoms with E-state index in [1.54, 1.807) is 12.1 Å². The minimum absolute atomic E-state index is 0.240. The number of benzene rings is 1. The van der Waals surface area contributed by atoms with E-state index in [1.807, 2.05) is 19.1 Å². The molecule has 0 aromatic heterocycles. The molecule has 0 fully saturated rings. The fourth-order valence-corrected chi connectivity index (χ4v) is 2.95. The van der Waals surface area contributed by atoms with Gasteiger partial charge in [-0.2, -0.15) is 13.1 Å². The van der Waals surface area contributed by atoms with Gasteiger partial charge in [-0.05, 0) is 32.0 Å². The lowest BCUT2D eigenvalue weighted by Gasteiger charge is -2.24. The van der Waals surface area contributed by atoms with Gasteiger partial charge in [-0.3, -0.25) is 4.31 Å². The average Bonchev–Trinajstić information content (AvgIpc) is 2.41. The molecule has 0 saturated heterocycles. The normalized spacial score (nSPS) is 11.6. The fraction of sp³-hybridized carbons (Fsp3) is 0.538. The molecule has 6 nitrogen and oxygen atoms in total. The lowest BCUT2D eigenvalue weighted by molar-refractivity contribution is 0.204. The summed E-state index contributed by atoms with van der Waals surface area (Å²) in [5.74, 6) is 0. The summed E-state index contributed by atoms with van der Waals surface area (Å²) in [6.45, 7) is 3.32. The van der Waals surface area contributed by atoms with Crippen LogP contribution in [0.15, 0.2) is 24.3 Å². The smallest absolute Gasteiger partial charge is 0.301 e. The third kappa shape index (κ3) is 5.09. The molecule has 0 radical (unpaired) electrons. The number of nitrogens with one attached hydrogen (secondary N) is 1. The molecule has 0 bridgehead atoms. The van der Waals surface area contributed by atoms with Crippen molar-refractivity contribution >= 4 is 15.9 Å². The summed E-state index contributed by atoms with van der Waals surface area (Å²) < 4.78 is 33.3. The zero-order chi connectivity index (χ0) is 15.0. The Morgan fingerprint density at radius 3 is 2.50 bits per heavy atom. The van der Waals surface area contributed by atoms with Gasteiger partial charge >= 0.3 is 10.2 Å². The van der Waals surface area contributed by atoms with E-state index in [1.165, 1.54) is 11.4 Å². The van der Waals surface area contributed by atoms with Gasteiger partial charge in [0.1, 0.15) is 0 Å². The Hall–Kier alpha value is -1.15. The van der Waals surface area contributed by atoms with E-state index >= 15 is 0 Å². The summed E-state index contributed by atoms with van der Waals surface area (Å²) in [5, 5.41) is 0. The van der Waals surface area contributed by atoms with Crippen molar-refractivity contribution in [3.8, 4) is 0 Å². The summed E-state index contributed by atoms with van der Waals surface area (Å²) in [7, 11) is -2.06. The maximum Gasteiger partial charge on any atom is 0.301 e. The number of hydrogen-bond donors (Lipinski definition) is 2. The molecule has 0 aliphatic carbocycles. The molecule has 0 aliphatic rings. The van der Waals surface area contributed by atoms with Crippen LogP contribution in [0.3, 0.4) is 0 Å². The molecule has 0 spiro atoms. The van der Waals surface area contributed by atoms with Crippen molar-refractivity contribution in [2.75, 3.05) is 37.7 Å². The number of methoxy groups -OCH3 is 1. The minimum Gasteiger partial charge on any atom is -0.383 e. The van der Waals surface area contributed by atoms with E-state index in [0.717, 1.165) is 5.56 Å². The highest BCUT2D eigenvalue weighted by Gasteiger charge is 2.21. The van der Waals surface area contributed by atoms with Crippen molar-refractivity contribution in [3.63, 3.8) is 0 Å². The number of rotatable bonds is 9. The highest BCUT2D eigenvalue weighted by atomic mass is 32.2. The topological polar surface area (TPSA) is 84.7 Å². The number of aryl methyl sites for hydroxylation is 1. The molecule has 3 N–H and O–H groups in total. The lowest BCUT2D eigenvalue weighted by Crippen LogP contribution is -2.43. The van der Waals surface area contributed by atoms with Crippen molar-refractivity contribution in [2.24, 2.45) is 5.73 Å². The van der Waals surface area contributed by atoms with Crippen LogP contribution in [-0.2, 0) is 14.9 Å². The zero-order valence-electron chi connectivity index (χ0n) is 12.0. The van der Waals surface area contributed by atoms with Gasteiger partial charge in [-0.15, -0.1) is 0 Å². The molecule has 0 saturated carbocycles. The van der Waals surface area contributed by atoms with E-state index in [-0.39, 0.29) is 6.54 Å². The number of anilines is 1. The largest absolute Gasteiger partial charge is 0.383 e. The standard InChI is InChI=1S/C13H23N3O3S/c1-12-4-6-13(7-5-12)16(10-3-8-14)20(17,18)15-9-11-19-2/h4-7,15H,3,8-11,14H2,1-2H3. The molecule has 1 aromatic carbocycles. The predicted molar refractivity (Wildman–Crippen MR) is 81.0 cm³/mol. The van der Waals surface area contributed by atoms with Gasteiger partial charge in [0.25, 0.3) is 0 Å². The Kier molecular flexibility index (Phi) is 6.94. The van der Waals surface area contributed by atoms with Gasteiger partial charge in [0.2, 0.25) is 0 Å². The predicted octanol–water partition coefficient (Wildman–Crippen LogP) is 0.631. The SMILES string of the molecule is COCCNS(=O)(=O)N(CCCN)c1ccc(C)cc1. The summed E-state index contributed by atoms with van der Waals surface area (Å²) in [6.07, 6.45) is 0.596. The van der Waals surface area contributed by atoms with Gasteiger partial charge < -0.3 is 10.5 Å². The lowest BCUT2D eigenvalue weighted by atomic mass is 10.2. The molecular formula is C13H23N3O3S. The fourth-order valence-electron chi connectivity index (χ4n) is 1.68. The van der Waals surface area contributed by atoms with Crippen LogP contribution < -0.4 is 14.8 Å². The van der Waals surface area contributed by atoms with Crippen LogP contribution in [0.25, 0.3) is 0 Å². The van der Waals surface area contributed by atoms with Crippen molar-refractivity contribution < 1.29 is 13.2 Å². The Labute approximate surface area is 121 Å². The number of ether oxygens (including phenoxy) is 1. The Morgan fingerprint density at radius 2 is 1.95 bits per heavy atom. The summed E-state index contributed by atoms with van der Waals surface area (Å²) in [4.78, 5) is 0. The molecule has 114 valence electrons. The first kappa shape index (κ1) is 16.9. The van der Waals surface area contributed by atoms with Gasteiger partial charge in [0.05, 0.1) is 12.3 Å². The monoisotopic (exact) mass is 301 g/mol. The second kappa shape index (κ2) is 8.21. The highest BCUT2D eigenvalue weighted by molar-refractivity contribution is 7.90. The Morgan fingerprint density at radius 1 is 1.30 bits per heavy atom. The van der Waals surface area contributed by atoms with E-state index in [2.05, 4.69) is 4.72 Å². The van der Waals surface area contributed by atoms with Crippen molar-refractivity contribution in [3.05, 3.63) is 29.8 Å². The quantitative estimate of drug-likeness (QED) is 0.655. The second-order valence-electron chi connectivity index (χ2n) is 4.44. The van der Waals surface area contributed by atoms with Crippen molar-refractivity contribution in [1.82, 2.24) is 4.72 Å². The molecule has 20 heavy (non-hydrogen) atoms. The Bertz CT molecular complexity index is 488. The highest BCUT2D eigenvalue weighted by Crippen LogP contribution is 2.18. The molecule has 1 aromatic rings. The average molecular weight is 301 g/mol. The van der Waals surface area contributed by atoms with Crippen LogP contribution in [0.1, 0.15) is 12.0 Å². The third-order valence-corrected chi connectivity index (χ3v) is 4.31. The number of nitrogens with zero attached hydrogens (tertiary/aromatic N) is 1. The van der Waals surface area contributed by atoms with Gasteiger partial charge in [-0.1, -0.05) is 17.7 Å². The molecule has 1 rings (SSSR count). The first-order chi connectivity index (χ1) is 9.51. The van der Waals surface area contributed by atoms with Crippen LogP contribution in [0, 0.1) is 6.92 Å². The van der Waals surface area contributed by atoms with E-state index in [4.69, 9.17) is 10.5 Å². The second-order valence-corrected chi connectivity index (χ2v) is 6.12. The first-order valence-corrected chi connectivity index (χ1v) is 7.98. The van der Waals surface area contributed by atoms with Crippen molar-refractivity contribution in [1.29, 1.82) is 0 Å². The van der Waals surface area contributed by atoms with E-state index in [0.29, 0.717) is 31.8 Å². The van der Waals surface area contributed by atoms with Gasteiger partial charge in [-0.25, -0.2) is 0 Å². The molecule has 7 heteroatoms. The van der Waals surface area contributed by atoms with Crippen LogP contribution in [0.5, 0.6) is 0 Å². The van der Waals surface area contributed by atoms with Crippen LogP contribution in [0.4, 0.5) is 5.69 Å². The number of hydrogen-bond acceptors (Lipinski definition) is 4. The molecule has 0 amide bonds. The minimum atomic E-state index is -3.58. The summed E-state index contributed by atoms with van der Waals surface area (Å²) >= 11 is 0. The summed E-state index contributed by atoms with van der Waals surface area (Å²) in [6, 6.07) is 7.35. The van der Waals surface area contributed by atoms with E-state index in [9.17, 15) is 8.42 Å². The number of nitrogens with two attached hydrogens (primary N) is 1. The molecule has 0 aliphatic heterocycles. The molecule has 0 atom stereocenters. The molecule has 0 heterocycles. The zero-order valence-corrected chi connectivity index (χ0v) is 12.8. The van der Waals surface area contributed by atoms with Crippen molar-refractivity contribution in [2.45, 2.75) is 13.3 Å². The van der Waals surface area contributed by atoms with Crippen LogP contribution in [-0.4, -0.2) is 41.8 Å². The van der Waals surface area contributed by atoms with Crippen LogP contribution in [0.2, 0.25) is 0 Å². The maximum atomic E-state index is 12.3. The van der Waals surface area contributed by atoms with E-state index < -0.39 is 10.2 Å². The third-order valence-electron chi connectivity index (χ3n) is 2.77. The van der Waals surface area contributed by atoms with Gasteiger partial charge in [0, 0.05) is 20.2 Å². The molecule has 0 unspecified atom stereocenters. The summed E-state index contributed by atoms with van der Waals surface area (Å²) in [5.41, 5.74) is 7.20. The maximum absolute atomic E-state index is 12.3. The Balaban J connectivity index is 2.90. The van der Waals surface area contributed by atoms with Crippen LogP contribution >= 0.6 is 0 Å². The molecular weight excluding hydrogens is 278 g/mol. The van der Waals surface area contributed by atoms with Gasteiger partial charge in [0.15, 0.2) is 0 Å². The first-order valence-electron chi connectivity index (χ1n) is 6.54.